The molecule has 0 saturated heterocycles. The van der Waals surface area contributed by atoms with E-state index in [1.54, 1.807) is 0 Å². The summed E-state index contributed by atoms with van der Waals surface area (Å²) in [4.78, 5) is 4.41. The van der Waals surface area contributed by atoms with Gasteiger partial charge in [-0.15, -0.1) is 0 Å². The van der Waals surface area contributed by atoms with Gasteiger partial charge in [-0.2, -0.15) is 0 Å². The van der Waals surface area contributed by atoms with Crippen molar-refractivity contribution in [2.45, 2.75) is 25.7 Å². The smallest absolute Gasteiger partial charge is 0.126 e. The lowest BCUT2D eigenvalue weighted by Crippen LogP contribution is -1.98. The highest BCUT2D eigenvalue weighted by molar-refractivity contribution is 5.41. The molecule has 1 saturated carbocycles. The summed E-state index contributed by atoms with van der Waals surface area (Å²) in [7, 11) is 1.96. The van der Waals surface area contributed by atoms with Crippen molar-refractivity contribution in [2.75, 3.05) is 5.73 Å². The summed E-state index contributed by atoms with van der Waals surface area (Å²) in [5.74, 6) is 2.53. The molecular formula is C8H13N3. The average molecular weight is 151 g/mol. The van der Waals surface area contributed by atoms with E-state index in [4.69, 9.17) is 5.73 Å². The third-order valence-electron chi connectivity index (χ3n) is 2.36. The van der Waals surface area contributed by atoms with Crippen LogP contribution in [0.2, 0.25) is 0 Å². The van der Waals surface area contributed by atoms with Crippen LogP contribution in [0.1, 0.15) is 30.3 Å². The van der Waals surface area contributed by atoms with Crippen LogP contribution in [-0.2, 0) is 7.05 Å². The van der Waals surface area contributed by atoms with E-state index in [1.807, 2.05) is 18.5 Å². The molecule has 60 valence electrons. The number of rotatable bonds is 1. The maximum atomic E-state index is 5.84. The molecule has 2 N–H and O–H groups in total. The second kappa shape index (κ2) is 2.00. The van der Waals surface area contributed by atoms with Crippen molar-refractivity contribution in [3.8, 4) is 0 Å². The molecule has 0 atom stereocenters. The molecule has 0 bridgehead atoms. The van der Waals surface area contributed by atoms with Crippen molar-refractivity contribution >= 4 is 5.82 Å². The van der Waals surface area contributed by atoms with E-state index in [0.29, 0.717) is 5.92 Å². The van der Waals surface area contributed by atoms with Gasteiger partial charge in [-0.1, -0.05) is 0 Å². The lowest BCUT2D eigenvalue weighted by atomic mass is 10.3. The van der Waals surface area contributed by atoms with Crippen LogP contribution in [0.25, 0.3) is 0 Å². The van der Waals surface area contributed by atoms with Crippen molar-refractivity contribution in [3.63, 3.8) is 0 Å². The van der Waals surface area contributed by atoms with E-state index in [2.05, 4.69) is 4.98 Å². The number of nitrogen functional groups attached to an aromatic ring is 1. The van der Waals surface area contributed by atoms with Gasteiger partial charge in [-0.05, 0) is 19.8 Å². The molecule has 0 spiro atoms. The molecule has 0 aromatic carbocycles. The Morgan fingerprint density at radius 2 is 2.18 bits per heavy atom. The van der Waals surface area contributed by atoms with Crippen LogP contribution in [0.5, 0.6) is 0 Å². The largest absolute Gasteiger partial charge is 0.384 e. The quantitative estimate of drug-likeness (QED) is 0.655. The van der Waals surface area contributed by atoms with Crippen molar-refractivity contribution in [3.05, 3.63) is 11.5 Å². The summed E-state index contributed by atoms with van der Waals surface area (Å²) in [6.07, 6.45) is 2.53. The summed E-state index contributed by atoms with van der Waals surface area (Å²) in [5.41, 5.74) is 6.96. The van der Waals surface area contributed by atoms with Gasteiger partial charge in [0.05, 0.1) is 5.69 Å². The number of aryl methyl sites for hydroxylation is 1. The minimum Gasteiger partial charge on any atom is -0.384 e. The molecule has 11 heavy (non-hydrogen) atoms. The molecule has 0 aliphatic heterocycles. The van der Waals surface area contributed by atoms with Crippen LogP contribution < -0.4 is 5.73 Å². The maximum absolute atomic E-state index is 5.84. The molecule has 2 rings (SSSR count). The van der Waals surface area contributed by atoms with Crippen molar-refractivity contribution in [1.82, 2.24) is 9.55 Å². The molecule has 0 radical (unpaired) electrons. The zero-order valence-electron chi connectivity index (χ0n) is 6.96. The van der Waals surface area contributed by atoms with Crippen LogP contribution in [-0.4, -0.2) is 9.55 Å². The fourth-order valence-electron chi connectivity index (χ4n) is 1.31. The van der Waals surface area contributed by atoms with E-state index in [9.17, 15) is 0 Å². The van der Waals surface area contributed by atoms with Gasteiger partial charge in [-0.3, -0.25) is 0 Å². The molecule has 0 unspecified atom stereocenters. The lowest BCUT2D eigenvalue weighted by Gasteiger charge is -1.96. The third kappa shape index (κ3) is 0.914. The van der Waals surface area contributed by atoms with Crippen molar-refractivity contribution < 1.29 is 0 Å². The minimum absolute atomic E-state index is 0.662. The Bertz CT molecular complexity index is 284. The van der Waals surface area contributed by atoms with Gasteiger partial charge in [0.25, 0.3) is 0 Å². The highest BCUT2D eigenvalue weighted by atomic mass is 15.1. The Morgan fingerprint density at radius 1 is 1.55 bits per heavy atom. The summed E-state index contributed by atoms with van der Waals surface area (Å²) in [6.45, 7) is 1.99. The second-order valence-electron chi connectivity index (χ2n) is 3.26. The van der Waals surface area contributed by atoms with Gasteiger partial charge in [-0.25, -0.2) is 4.98 Å². The summed E-state index contributed by atoms with van der Waals surface area (Å²) >= 11 is 0. The lowest BCUT2D eigenvalue weighted by molar-refractivity contribution is 0.868. The first-order chi connectivity index (χ1) is 5.20. The standard InChI is InChI=1S/C8H13N3/c1-5-10-7(6-3-4-6)8(9)11(5)2/h6H,3-4,9H2,1-2H3. The Labute approximate surface area is 66.2 Å². The number of aromatic nitrogens is 2. The normalized spacial score (nSPS) is 17.3. The van der Waals surface area contributed by atoms with Crippen LogP contribution in [0, 0.1) is 6.92 Å². The number of anilines is 1. The fourth-order valence-corrected chi connectivity index (χ4v) is 1.31. The molecule has 1 aliphatic carbocycles. The first kappa shape index (κ1) is 6.70. The number of hydrogen-bond donors (Lipinski definition) is 1. The first-order valence-corrected chi connectivity index (χ1v) is 3.99. The molecule has 1 aromatic heterocycles. The molecule has 0 amide bonds. The van der Waals surface area contributed by atoms with Gasteiger partial charge in [0.2, 0.25) is 0 Å². The Morgan fingerprint density at radius 3 is 2.55 bits per heavy atom. The van der Waals surface area contributed by atoms with Gasteiger partial charge >= 0.3 is 0 Å². The molecule has 1 fully saturated rings. The Kier molecular flexibility index (Phi) is 1.22. The van der Waals surface area contributed by atoms with Gasteiger partial charge in [0.15, 0.2) is 0 Å². The Hall–Kier alpha value is -0.990. The first-order valence-electron chi connectivity index (χ1n) is 3.99. The van der Waals surface area contributed by atoms with Crippen molar-refractivity contribution in [2.24, 2.45) is 7.05 Å². The van der Waals surface area contributed by atoms with Crippen molar-refractivity contribution in [1.29, 1.82) is 0 Å². The highest BCUT2D eigenvalue weighted by Crippen LogP contribution is 2.41. The number of hydrogen-bond acceptors (Lipinski definition) is 2. The fraction of sp³-hybridized carbons (Fsp3) is 0.625. The predicted octanol–water partition coefficient (Wildman–Crippen LogP) is 1.19. The topological polar surface area (TPSA) is 43.8 Å². The Balaban J connectivity index is 2.46. The SMILES string of the molecule is Cc1nc(C2CC2)c(N)n1C. The molecule has 3 nitrogen and oxygen atoms in total. The third-order valence-corrected chi connectivity index (χ3v) is 2.36. The van der Waals surface area contributed by atoms with E-state index in [1.165, 1.54) is 12.8 Å². The van der Waals surface area contributed by atoms with Gasteiger partial charge in [0.1, 0.15) is 11.6 Å². The molecule has 1 aliphatic rings. The molecule has 3 heteroatoms. The zero-order valence-corrected chi connectivity index (χ0v) is 6.96. The predicted molar refractivity (Wildman–Crippen MR) is 44.3 cm³/mol. The van der Waals surface area contributed by atoms with E-state index in [-0.39, 0.29) is 0 Å². The second-order valence-corrected chi connectivity index (χ2v) is 3.26. The molecule has 1 aromatic rings. The average Bonchev–Trinajstić information content (AvgIpc) is 2.76. The van der Waals surface area contributed by atoms with E-state index < -0.39 is 0 Å². The van der Waals surface area contributed by atoms with Crippen LogP contribution in [0.4, 0.5) is 5.82 Å². The summed E-state index contributed by atoms with van der Waals surface area (Å²) in [6, 6.07) is 0. The zero-order chi connectivity index (χ0) is 8.01. The number of nitrogens with zero attached hydrogens (tertiary/aromatic N) is 2. The molecule has 1 heterocycles. The monoisotopic (exact) mass is 151 g/mol. The van der Waals surface area contributed by atoms with Gasteiger partial charge in [0, 0.05) is 13.0 Å². The van der Waals surface area contributed by atoms with Crippen LogP contribution in [0.3, 0.4) is 0 Å². The van der Waals surface area contributed by atoms with Crippen LogP contribution >= 0.6 is 0 Å². The van der Waals surface area contributed by atoms with E-state index >= 15 is 0 Å². The van der Waals surface area contributed by atoms with E-state index in [0.717, 1.165) is 17.3 Å². The summed E-state index contributed by atoms with van der Waals surface area (Å²) < 4.78 is 1.95. The summed E-state index contributed by atoms with van der Waals surface area (Å²) in [5, 5.41) is 0. The number of nitrogens with two attached hydrogens (primary N) is 1. The number of imidazole rings is 1. The minimum atomic E-state index is 0.662. The highest BCUT2D eigenvalue weighted by Gasteiger charge is 2.29. The van der Waals surface area contributed by atoms with Crippen LogP contribution in [0.15, 0.2) is 0 Å². The maximum Gasteiger partial charge on any atom is 0.126 e. The molecular weight excluding hydrogens is 138 g/mol. The van der Waals surface area contributed by atoms with Gasteiger partial charge < -0.3 is 10.3 Å².